The summed E-state index contributed by atoms with van der Waals surface area (Å²) in [5, 5.41) is 0. The third kappa shape index (κ3) is 3.63. The number of hydrogen-bond donors (Lipinski definition) is 3. The molecule has 4 N–H and O–H groups in total. The summed E-state index contributed by atoms with van der Waals surface area (Å²) in [5.74, 6) is 1.18. The lowest BCUT2D eigenvalue weighted by molar-refractivity contribution is 0.377. The molecule has 2 heterocycles. The highest BCUT2D eigenvalue weighted by molar-refractivity contribution is 7.59. The van der Waals surface area contributed by atoms with Crippen molar-refractivity contribution < 1.29 is 23.2 Å². The number of hydrogen-bond acceptors (Lipinski definition) is 4. The molecule has 6 nitrogen and oxygen atoms in total. The van der Waals surface area contributed by atoms with E-state index < -0.39 is 7.60 Å². The van der Waals surface area contributed by atoms with Gasteiger partial charge in [0.05, 0.1) is 6.26 Å². The van der Waals surface area contributed by atoms with Gasteiger partial charge in [-0.1, -0.05) is 18.2 Å². The molecule has 3 aromatic rings. The Bertz CT molecular complexity index is 834. The van der Waals surface area contributed by atoms with E-state index in [9.17, 15) is 4.57 Å². The molecule has 120 valence electrons. The molecule has 0 fully saturated rings. The minimum absolute atomic E-state index is 0.252. The standard InChI is InChI=1S/C16H16NO5P/c17-14(10-13-5-2-8-21-13)11-3-1-4-12(9-11)15-6-7-16(22-15)23(18,19)20/h1-9,14H,10,17H2,(H2,18,19,20). The Morgan fingerprint density at radius 2 is 1.96 bits per heavy atom. The molecule has 0 aliphatic carbocycles. The van der Waals surface area contributed by atoms with E-state index in [4.69, 9.17) is 24.4 Å². The number of rotatable bonds is 5. The lowest BCUT2D eigenvalue weighted by atomic mass is 10.0. The van der Waals surface area contributed by atoms with Gasteiger partial charge in [0.15, 0.2) is 0 Å². The van der Waals surface area contributed by atoms with Gasteiger partial charge in [-0.25, -0.2) is 0 Å². The molecule has 0 saturated carbocycles. The van der Waals surface area contributed by atoms with Gasteiger partial charge in [0.2, 0.25) is 5.50 Å². The Hall–Kier alpha value is -2.11. The quantitative estimate of drug-likeness (QED) is 0.619. The van der Waals surface area contributed by atoms with Crippen LogP contribution in [0.25, 0.3) is 11.3 Å². The van der Waals surface area contributed by atoms with Crippen LogP contribution in [0.5, 0.6) is 0 Å². The van der Waals surface area contributed by atoms with Crippen LogP contribution >= 0.6 is 7.60 Å². The minimum atomic E-state index is -4.39. The molecule has 1 atom stereocenters. The summed E-state index contributed by atoms with van der Waals surface area (Å²) >= 11 is 0. The maximum atomic E-state index is 11.2. The van der Waals surface area contributed by atoms with E-state index in [2.05, 4.69) is 0 Å². The molecule has 7 heteroatoms. The van der Waals surface area contributed by atoms with Gasteiger partial charge in [0, 0.05) is 18.0 Å². The summed E-state index contributed by atoms with van der Waals surface area (Å²) in [6, 6.07) is 13.6. The predicted molar refractivity (Wildman–Crippen MR) is 85.2 cm³/mol. The molecule has 0 radical (unpaired) electrons. The van der Waals surface area contributed by atoms with Gasteiger partial charge < -0.3 is 24.4 Å². The van der Waals surface area contributed by atoms with Crippen molar-refractivity contribution in [2.75, 3.05) is 0 Å². The lowest BCUT2D eigenvalue weighted by Crippen LogP contribution is -2.12. The van der Waals surface area contributed by atoms with Gasteiger partial charge in [-0.2, -0.15) is 0 Å². The van der Waals surface area contributed by atoms with Gasteiger partial charge in [0.1, 0.15) is 11.5 Å². The minimum Gasteiger partial charge on any atom is -0.469 e. The average Bonchev–Trinajstić information content (AvgIpc) is 3.18. The number of nitrogens with two attached hydrogens (primary N) is 1. The van der Waals surface area contributed by atoms with Crippen molar-refractivity contribution in [3.63, 3.8) is 0 Å². The highest BCUT2D eigenvalue weighted by Crippen LogP contribution is 2.35. The third-order valence-electron chi connectivity index (χ3n) is 3.48. The second-order valence-electron chi connectivity index (χ2n) is 5.20. The topological polar surface area (TPSA) is 110 Å². The van der Waals surface area contributed by atoms with E-state index in [1.54, 1.807) is 12.3 Å². The van der Waals surface area contributed by atoms with Crippen LogP contribution in [0.15, 0.2) is 63.6 Å². The van der Waals surface area contributed by atoms with Crippen molar-refractivity contribution in [3.05, 3.63) is 66.1 Å². The van der Waals surface area contributed by atoms with E-state index in [0.717, 1.165) is 11.3 Å². The van der Waals surface area contributed by atoms with Crippen LogP contribution < -0.4 is 11.2 Å². The Labute approximate surface area is 132 Å². The smallest absolute Gasteiger partial charge is 0.391 e. The highest BCUT2D eigenvalue weighted by atomic mass is 31.2. The van der Waals surface area contributed by atoms with E-state index in [0.29, 0.717) is 17.7 Å². The molecule has 0 aliphatic heterocycles. The first kappa shape index (κ1) is 15.8. The van der Waals surface area contributed by atoms with Crippen molar-refractivity contribution in [1.29, 1.82) is 0 Å². The van der Waals surface area contributed by atoms with Crippen molar-refractivity contribution in [2.24, 2.45) is 5.73 Å². The number of benzene rings is 1. The van der Waals surface area contributed by atoms with E-state index in [1.165, 1.54) is 12.1 Å². The Kier molecular flexibility index (Phi) is 4.24. The fourth-order valence-electron chi connectivity index (χ4n) is 2.33. The molecule has 1 aromatic carbocycles. The zero-order valence-electron chi connectivity index (χ0n) is 12.1. The zero-order chi connectivity index (χ0) is 16.4. The molecule has 23 heavy (non-hydrogen) atoms. The van der Waals surface area contributed by atoms with Gasteiger partial charge in [-0.15, -0.1) is 0 Å². The molecule has 0 amide bonds. The van der Waals surface area contributed by atoms with Crippen molar-refractivity contribution >= 4 is 13.1 Å². The van der Waals surface area contributed by atoms with Crippen LogP contribution in [0, 0.1) is 0 Å². The first-order valence-electron chi connectivity index (χ1n) is 6.98. The zero-order valence-corrected chi connectivity index (χ0v) is 13.0. The summed E-state index contributed by atoms with van der Waals surface area (Å²) in [6.45, 7) is 0. The van der Waals surface area contributed by atoms with Crippen LogP contribution in [0.4, 0.5) is 0 Å². The second-order valence-corrected chi connectivity index (χ2v) is 6.73. The summed E-state index contributed by atoms with van der Waals surface area (Å²) in [6.07, 6.45) is 2.16. The van der Waals surface area contributed by atoms with Crippen molar-refractivity contribution in [3.8, 4) is 11.3 Å². The van der Waals surface area contributed by atoms with Crippen molar-refractivity contribution in [2.45, 2.75) is 12.5 Å². The largest absolute Gasteiger partial charge is 0.469 e. The monoisotopic (exact) mass is 333 g/mol. The highest BCUT2D eigenvalue weighted by Gasteiger charge is 2.22. The lowest BCUT2D eigenvalue weighted by Gasteiger charge is -2.11. The van der Waals surface area contributed by atoms with Crippen molar-refractivity contribution in [1.82, 2.24) is 0 Å². The van der Waals surface area contributed by atoms with Crippen LogP contribution in [-0.2, 0) is 11.0 Å². The van der Waals surface area contributed by atoms with Crippen LogP contribution in [0.3, 0.4) is 0 Å². The van der Waals surface area contributed by atoms with Gasteiger partial charge >= 0.3 is 7.60 Å². The first-order chi connectivity index (χ1) is 10.9. The summed E-state index contributed by atoms with van der Waals surface area (Å²) in [4.78, 5) is 18.2. The van der Waals surface area contributed by atoms with E-state index >= 15 is 0 Å². The van der Waals surface area contributed by atoms with Crippen LogP contribution in [-0.4, -0.2) is 9.79 Å². The van der Waals surface area contributed by atoms with E-state index in [-0.39, 0.29) is 11.5 Å². The molecule has 2 aromatic heterocycles. The van der Waals surface area contributed by atoms with Crippen LogP contribution in [0.1, 0.15) is 17.4 Å². The molecule has 1 unspecified atom stereocenters. The molecule has 0 bridgehead atoms. The van der Waals surface area contributed by atoms with Gasteiger partial charge in [-0.3, -0.25) is 4.57 Å². The fraction of sp³-hybridized carbons (Fsp3) is 0.125. The van der Waals surface area contributed by atoms with Gasteiger partial charge in [0.25, 0.3) is 0 Å². The fourth-order valence-corrected chi connectivity index (χ4v) is 2.81. The maximum absolute atomic E-state index is 11.2. The van der Waals surface area contributed by atoms with Gasteiger partial charge in [-0.05, 0) is 35.9 Å². The SMILES string of the molecule is NC(Cc1ccco1)c1cccc(-c2ccc(P(=O)(O)O)o2)c1. The molecule has 3 rings (SSSR count). The predicted octanol–water partition coefficient (Wildman–Crippen LogP) is 2.59. The maximum Gasteiger partial charge on any atom is 0.391 e. The Balaban J connectivity index is 1.85. The first-order valence-corrected chi connectivity index (χ1v) is 8.59. The summed E-state index contributed by atoms with van der Waals surface area (Å²) < 4.78 is 21.7. The average molecular weight is 333 g/mol. The summed E-state index contributed by atoms with van der Waals surface area (Å²) in [5.41, 5.74) is 7.43. The summed E-state index contributed by atoms with van der Waals surface area (Å²) in [7, 11) is -4.39. The Morgan fingerprint density at radius 1 is 1.13 bits per heavy atom. The second kappa shape index (κ2) is 6.18. The number of furan rings is 2. The molecule has 0 saturated heterocycles. The molecular formula is C16H16NO5P. The van der Waals surface area contributed by atoms with Crippen LogP contribution in [0.2, 0.25) is 0 Å². The molecular weight excluding hydrogens is 317 g/mol. The Morgan fingerprint density at radius 3 is 2.61 bits per heavy atom. The molecule has 0 spiro atoms. The normalized spacial score (nSPS) is 13.2. The third-order valence-corrected chi connectivity index (χ3v) is 4.29. The molecule has 0 aliphatic rings. The van der Waals surface area contributed by atoms with E-state index in [1.807, 2.05) is 30.3 Å².